The maximum Gasteiger partial charge on any atom is 0.282 e. The number of morpholine rings is 1. The van der Waals surface area contributed by atoms with E-state index in [9.17, 15) is 9.18 Å². The fourth-order valence-corrected chi connectivity index (χ4v) is 2.00. The molecule has 2 aliphatic heterocycles. The van der Waals surface area contributed by atoms with Gasteiger partial charge in [-0.1, -0.05) is 0 Å². The van der Waals surface area contributed by atoms with Gasteiger partial charge in [-0.3, -0.25) is 4.79 Å². The summed E-state index contributed by atoms with van der Waals surface area (Å²) in [5.41, 5.74) is 0.662. The Morgan fingerprint density at radius 2 is 1.88 bits per heavy atom. The molecule has 0 atom stereocenters. The van der Waals surface area contributed by atoms with Gasteiger partial charge in [0.25, 0.3) is 5.91 Å². The van der Waals surface area contributed by atoms with Crippen LogP contribution in [0.1, 0.15) is 12.8 Å². The highest BCUT2D eigenvalue weighted by Gasteiger charge is 2.24. The van der Waals surface area contributed by atoms with Crippen molar-refractivity contribution in [3.8, 4) is 0 Å². The number of ether oxygens (including phenoxy) is 1. The van der Waals surface area contributed by atoms with E-state index in [-0.39, 0.29) is 0 Å². The Morgan fingerprint density at radius 1 is 1.25 bits per heavy atom. The molecule has 2 heterocycles. The predicted octanol–water partition coefficient (Wildman–Crippen LogP) is 0.452. The molecule has 0 radical (unpaired) electrons. The third-order valence-electron chi connectivity index (χ3n) is 3.00. The number of nitrogens with one attached hydrogen (secondary N) is 1. The third-order valence-corrected chi connectivity index (χ3v) is 3.00. The molecule has 0 unspecified atom stereocenters. The average molecular weight is 228 g/mol. The molecule has 2 aliphatic rings. The van der Waals surface area contributed by atoms with Gasteiger partial charge >= 0.3 is 0 Å². The maximum atomic E-state index is 13.9. The number of nitrogens with zero attached hydrogens (tertiary/aromatic N) is 1. The number of hydrogen-bond donors (Lipinski definition) is 1. The van der Waals surface area contributed by atoms with Crippen molar-refractivity contribution in [1.82, 2.24) is 10.2 Å². The highest BCUT2D eigenvalue weighted by molar-refractivity contribution is 5.92. The summed E-state index contributed by atoms with van der Waals surface area (Å²) in [6, 6.07) is 0. The lowest BCUT2D eigenvalue weighted by molar-refractivity contribution is -0.132. The van der Waals surface area contributed by atoms with Crippen molar-refractivity contribution in [2.45, 2.75) is 12.8 Å². The van der Waals surface area contributed by atoms with Crippen LogP contribution in [0.25, 0.3) is 0 Å². The van der Waals surface area contributed by atoms with Gasteiger partial charge in [-0.05, 0) is 31.5 Å². The Morgan fingerprint density at radius 3 is 2.50 bits per heavy atom. The highest BCUT2D eigenvalue weighted by Crippen LogP contribution is 2.19. The molecule has 4 nitrogen and oxygen atoms in total. The van der Waals surface area contributed by atoms with Crippen molar-refractivity contribution < 1.29 is 13.9 Å². The summed E-state index contributed by atoms with van der Waals surface area (Å²) in [5.74, 6) is -0.997. The maximum absolute atomic E-state index is 13.9. The first kappa shape index (κ1) is 11.5. The topological polar surface area (TPSA) is 41.6 Å². The van der Waals surface area contributed by atoms with Gasteiger partial charge in [0.05, 0.1) is 13.2 Å². The molecule has 0 saturated carbocycles. The number of rotatable bonds is 1. The second kappa shape index (κ2) is 5.41. The Kier molecular flexibility index (Phi) is 3.90. The van der Waals surface area contributed by atoms with Crippen LogP contribution in [0.3, 0.4) is 0 Å². The van der Waals surface area contributed by atoms with E-state index in [4.69, 9.17) is 4.74 Å². The number of halogens is 1. The lowest BCUT2D eigenvalue weighted by atomic mass is 10.0. The number of carbonyl (C=O) groups is 1. The molecule has 1 amide bonds. The standard InChI is InChI=1S/C11H17FN2O2/c12-10(9-1-3-13-4-2-9)11(15)14-5-7-16-8-6-14/h13H,1-8H2. The fourth-order valence-electron chi connectivity index (χ4n) is 2.00. The minimum absolute atomic E-state index is 0.458. The Hall–Kier alpha value is -0.940. The van der Waals surface area contributed by atoms with Crippen LogP contribution in [0.4, 0.5) is 4.39 Å². The zero-order valence-electron chi connectivity index (χ0n) is 9.30. The van der Waals surface area contributed by atoms with E-state index in [1.807, 2.05) is 0 Å². The van der Waals surface area contributed by atoms with Crippen molar-refractivity contribution in [2.24, 2.45) is 0 Å². The Labute approximate surface area is 94.4 Å². The van der Waals surface area contributed by atoms with Crippen LogP contribution in [-0.2, 0) is 9.53 Å². The van der Waals surface area contributed by atoms with Gasteiger partial charge in [-0.2, -0.15) is 0 Å². The molecule has 0 spiro atoms. The van der Waals surface area contributed by atoms with Crippen LogP contribution in [0.15, 0.2) is 11.4 Å². The van der Waals surface area contributed by atoms with Crippen LogP contribution in [0.5, 0.6) is 0 Å². The van der Waals surface area contributed by atoms with Gasteiger partial charge in [0.1, 0.15) is 0 Å². The largest absolute Gasteiger partial charge is 0.378 e. The van der Waals surface area contributed by atoms with E-state index in [1.54, 1.807) is 0 Å². The number of amides is 1. The van der Waals surface area contributed by atoms with E-state index in [1.165, 1.54) is 4.90 Å². The summed E-state index contributed by atoms with van der Waals surface area (Å²) >= 11 is 0. The summed E-state index contributed by atoms with van der Waals surface area (Å²) in [4.78, 5) is 13.4. The lowest BCUT2D eigenvalue weighted by Crippen LogP contribution is -2.41. The fraction of sp³-hybridized carbons (Fsp3) is 0.727. The summed E-state index contributed by atoms with van der Waals surface area (Å²) < 4.78 is 19.0. The minimum atomic E-state index is -0.539. The zero-order valence-corrected chi connectivity index (χ0v) is 9.30. The molecule has 5 heteroatoms. The number of piperidine rings is 1. The SMILES string of the molecule is O=C(C(F)=C1CCNCC1)N1CCOCC1. The second-order valence-corrected chi connectivity index (χ2v) is 4.07. The smallest absolute Gasteiger partial charge is 0.282 e. The molecule has 2 fully saturated rings. The van der Waals surface area contributed by atoms with Gasteiger partial charge in [0.15, 0.2) is 5.83 Å². The molecular formula is C11H17FN2O2. The molecule has 16 heavy (non-hydrogen) atoms. The summed E-state index contributed by atoms with van der Waals surface area (Å²) in [6.07, 6.45) is 1.28. The van der Waals surface area contributed by atoms with Gasteiger partial charge in [-0.15, -0.1) is 0 Å². The van der Waals surface area contributed by atoms with Crippen LogP contribution in [-0.4, -0.2) is 50.2 Å². The van der Waals surface area contributed by atoms with Gasteiger partial charge in [0, 0.05) is 13.1 Å². The minimum Gasteiger partial charge on any atom is -0.378 e. The quantitative estimate of drug-likeness (QED) is 0.663. The summed E-state index contributed by atoms with van der Waals surface area (Å²) in [7, 11) is 0. The Balaban J connectivity index is 2.01. The molecule has 0 bridgehead atoms. The van der Waals surface area contributed by atoms with Crippen molar-refractivity contribution >= 4 is 5.91 Å². The zero-order chi connectivity index (χ0) is 11.4. The molecule has 1 N–H and O–H groups in total. The summed E-state index contributed by atoms with van der Waals surface area (Å²) in [5, 5.41) is 3.14. The molecular weight excluding hydrogens is 211 g/mol. The molecule has 0 aromatic heterocycles. The molecule has 90 valence electrons. The molecule has 0 aromatic rings. The van der Waals surface area contributed by atoms with Crippen molar-refractivity contribution in [3.05, 3.63) is 11.4 Å². The van der Waals surface area contributed by atoms with Gasteiger partial charge < -0.3 is 15.0 Å². The van der Waals surface area contributed by atoms with E-state index in [0.29, 0.717) is 44.7 Å². The van der Waals surface area contributed by atoms with Crippen molar-refractivity contribution in [2.75, 3.05) is 39.4 Å². The van der Waals surface area contributed by atoms with E-state index in [2.05, 4.69) is 5.32 Å². The summed E-state index contributed by atoms with van der Waals surface area (Å²) in [6.45, 7) is 3.54. The average Bonchev–Trinajstić information content (AvgIpc) is 2.39. The van der Waals surface area contributed by atoms with Crippen molar-refractivity contribution in [1.29, 1.82) is 0 Å². The van der Waals surface area contributed by atoms with E-state index in [0.717, 1.165) is 13.1 Å². The first-order valence-electron chi connectivity index (χ1n) is 5.74. The first-order chi connectivity index (χ1) is 7.79. The normalized spacial score (nSPS) is 22.1. The van der Waals surface area contributed by atoms with E-state index >= 15 is 0 Å². The number of carbonyl (C=O) groups excluding carboxylic acids is 1. The molecule has 2 rings (SSSR count). The van der Waals surface area contributed by atoms with Crippen molar-refractivity contribution in [3.63, 3.8) is 0 Å². The third kappa shape index (κ3) is 2.59. The van der Waals surface area contributed by atoms with Crippen LogP contribution < -0.4 is 5.32 Å². The number of hydrogen-bond acceptors (Lipinski definition) is 3. The van der Waals surface area contributed by atoms with Crippen LogP contribution in [0, 0.1) is 0 Å². The first-order valence-corrected chi connectivity index (χ1v) is 5.74. The predicted molar refractivity (Wildman–Crippen MR) is 57.6 cm³/mol. The van der Waals surface area contributed by atoms with Crippen LogP contribution >= 0.6 is 0 Å². The molecule has 0 aromatic carbocycles. The van der Waals surface area contributed by atoms with E-state index < -0.39 is 11.7 Å². The Bertz CT molecular complexity index is 290. The van der Waals surface area contributed by atoms with Gasteiger partial charge in [-0.25, -0.2) is 4.39 Å². The molecule has 2 saturated heterocycles. The highest BCUT2D eigenvalue weighted by atomic mass is 19.1. The second-order valence-electron chi connectivity index (χ2n) is 4.07. The monoisotopic (exact) mass is 228 g/mol. The van der Waals surface area contributed by atoms with Crippen LogP contribution in [0.2, 0.25) is 0 Å². The van der Waals surface area contributed by atoms with Gasteiger partial charge in [0.2, 0.25) is 0 Å². The lowest BCUT2D eigenvalue weighted by Gasteiger charge is -2.27. The molecule has 0 aliphatic carbocycles.